The summed E-state index contributed by atoms with van der Waals surface area (Å²) in [7, 11) is 0. The monoisotopic (exact) mass is 241 g/mol. The third-order valence-corrected chi connectivity index (χ3v) is 3.99. The third kappa shape index (κ3) is 3.43. The number of rotatable bonds is 4. The summed E-state index contributed by atoms with van der Waals surface area (Å²) >= 11 is 0. The molecule has 0 aromatic rings. The van der Waals surface area contributed by atoms with Crippen molar-refractivity contribution in [2.24, 2.45) is 0 Å². The Kier molecular flexibility index (Phi) is 3.81. The number of aliphatic hydroxyl groups is 1. The second kappa shape index (κ2) is 4.87. The molecule has 100 valence electrons. The molecule has 3 nitrogen and oxygen atoms in total. The van der Waals surface area contributed by atoms with Gasteiger partial charge in [0.15, 0.2) is 0 Å². The fourth-order valence-corrected chi connectivity index (χ4v) is 3.11. The molecule has 2 fully saturated rings. The molecular weight excluding hydrogens is 214 g/mol. The highest BCUT2D eigenvalue weighted by Crippen LogP contribution is 2.34. The molecule has 17 heavy (non-hydrogen) atoms. The molecule has 0 spiro atoms. The minimum Gasteiger partial charge on any atom is -0.394 e. The fourth-order valence-electron chi connectivity index (χ4n) is 3.11. The minimum absolute atomic E-state index is 0.0252. The van der Waals surface area contributed by atoms with E-state index in [-0.39, 0.29) is 17.7 Å². The predicted molar refractivity (Wildman–Crippen MR) is 69.1 cm³/mol. The summed E-state index contributed by atoms with van der Waals surface area (Å²) in [5.41, 5.74) is -0.00493. The summed E-state index contributed by atoms with van der Waals surface area (Å²) in [6.45, 7) is 6.62. The van der Waals surface area contributed by atoms with Gasteiger partial charge in [-0.3, -0.25) is 0 Å². The molecule has 0 aromatic carbocycles. The average molecular weight is 241 g/mol. The Morgan fingerprint density at radius 1 is 1.24 bits per heavy atom. The summed E-state index contributed by atoms with van der Waals surface area (Å²) in [6, 6.07) is 0.549. The Bertz CT molecular complexity index is 247. The SMILES string of the molecule is CC(C)(C)OC1CC(NC2(CO)CCCC2)C1. The fraction of sp³-hybridized carbons (Fsp3) is 1.00. The zero-order chi connectivity index (χ0) is 12.5. The molecule has 0 unspecified atom stereocenters. The van der Waals surface area contributed by atoms with Crippen LogP contribution in [0.5, 0.6) is 0 Å². The van der Waals surface area contributed by atoms with E-state index < -0.39 is 0 Å². The quantitative estimate of drug-likeness (QED) is 0.793. The van der Waals surface area contributed by atoms with Crippen molar-refractivity contribution in [3.8, 4) is 0 Å². The summed E-state index contributed by atoms with van der Waals surface area (Å²) in [5, 5.41) is 13.2. The first kappa shape index (κ1) is 13.3. The van der Waals surface area contributed by atoms with E-state index in [1.54, 1.807) is 0 Å². The number of nitrogens with one attached hydrogen (secondary N) is 1. The van der Waals surface area contributed by atoms with Gasteiger partial charge in [0.2, 0.25) is 0 Å². The van der Waals surface area contributed by atoms with Gasteiger partial charge < -0.3 is 15.2 Å². The highest BCUT2D eigenvalue weighted by Gasteiger charge is 2.40. The second-order valence-electron chi connectivity index (χ2n) is 6.81. The van der Waals surface area contributed by atoms with Gasteiger partial charge in [-0.2, -0.15) is 0 Å². The number of aliphatic hydroxyl groups excluding tert-OH is 1. The van der Waals surface area contributed by atoms with E-state index in [0.717, 1.165) is 25.7 Å². The van der Waals surface area contributed by atoms with Gasteiger partial charge in [0, 0.05) is 11.6 Å². The van der Waals surface area contributed by atoms with E-state index in [1.165, 1.54) is 12.8 Å². The van der Waals surface area contributed by atoms with Gasteiger partial charge in [-0.1, -0.05) is 12.8 Å². The highest BCUT2D eigenvalue weighted by atomic mass is 16.5. The predicted octanol–water partition coefficient (Wildman–Crippen LogP) is 2.23. The van der Waals surface area contributed by atoms with Gasteiger partial charge in [-0.05, 0) is 46.5 Å². The van der Waals surface area contributed by atoms with E-state index in [0.29, 0.717) is 12.1 Å². The minimum atomic E-state index is -0.0301. The summed E-state index contributed by atoms with van der Waals surface area (Å²) in [6.07, 6.45) is 7.36. The van der Waals surface area contributed by atoms with Crippen molar-refractivity contribution in [2.45, 2.75) is 82.6 Å². The van der Waals surface area contributed by atoms with Crippen LogP contribution in [0, 0.1) is 0 Å². The molecule has 2 N–H and O–H groups in total. The first-order chi connectivity index (χ1) is 7.92. The van der Waals surface area contributed by atoms with E-state index >= 15 is 0 Å². The maximum atomic E-state index is 9.54. The Balaban J connectivity index is 1.73. The second-order valence-corrected chi connectivity index (χ2v) is 6.81. The molecule has 3 heteroatoms. The van der Waals surface area contributed by atoms with Crippen LogP contribution in [0.2, 0.25) is 0 Å². The van der Waals surface area contributed by atoms with Crippen molar-refractivity contribution in [1.29, 1.82) is 0 Å². The molecule has 0 saturated heterocycles. The molecule has 0 bridgehead atoms. The molecule has 0 aromatic heterocycles. The summed E-state index contributed by atoms with van der Waals surface area (Å²) in [4.78, 5) is 0. The first-order valence-electron chi connectivity index (χ1n) is 6.99. The maximum Gasteiger partial charge on any atom is 0.0613 e. The molecule has 2 aliphatic carbocycles. The molecule has 0 amide bonds. The van der Waals surface area contributed by atoms with Crippen LogP contribution in [0.15, 0.2) is 0 Å². The maximum absolute atomic E-state index is 9.54. The van der Waals surface area contributed by atoms with E-state index in [1.807, 2.05) is 0 Å². The van der Waals surface area contributed by atoms with Crippen molar-refractivity contribution in [3.05, 3.63) is 0 Å². The Morgan fingerprint density at radius 2 is 1.82 bits per heavy atom. The van der Waals surface area contributed by atoms with E-state index in [9.17, 15) is 5.11 Å². The van der Waals surface area contributed by atoms with Crippen molar-refractivity contribution in [2.75, 3.05) is 6.61 Å². The molecule has 0 heterocycles. The van der Waals surface area contributed by atoms with Gasteiger partial charge in [0.1, 0.15) is 0 Å². The normalized spacial score (nSPS) is 32.5. The molecule has 2 saturated carbocycles. The molecular formula is C14H27NO2. The lowest BCUT2D eigenvalue weighted by molar-refractivity contribution is -0.106. The third-order valence-electron chi connectivity index (χ3n) is 3.99. The first-order valence-corrected chi connectivity index (χ1v) is 6.99. The van der Waals surface area contributed by atoms with Crippen LogP contribution in [-0.2, 0) is 4.74 Å². The summed E-state index contributed by atoms with van der Waals surface area (Å²) < 4.78 is 5.93. The number of hydrogen-bond donors (Lipinski definition) is 2. The molecule has 0 radical (unpaired) electrons. The van der Waals surface area contributed by atoms with Crippen molar-refractivity contribution in [1.82, 2.24) is 5.32 Å². The van der Waals surface area contributed by atoms with Crippen LogP contribution >= 0.6 is 0 Å². The molecule has 0 atom stereocenters. The molecule has 2 rings (SSSR count). The lowest BCUT2D eigenvalue weighted by atomic mass is 9.85. The topological polar surface area (TPSA) is 41.5 Å². The van der Waals surface area contributed by atoms with Crippen LogP contribution in [0.1, 0.15) is 59.3 Å². The van der Waals surface area contributed by atoms with Crippen molar-refractivity contribution >= 4 is 0 Å². The van der Waals surface area contributed by atoms with Gasteiger partial charge in [-0.15, -0.1) is 0 Å². The van der Waals surface area contributed by atoms with Crippen molar-refractivity contribution in [3.63, 3.8) is 0 Å². The Morgan fingerprint density at radius 3 is 2.29 bits per heavy atom. The zero-order valence-corrected chi connectivity index (χ0v) is 11.5. The van der Waals surface area contributed by atoms with Crippen LogP contribution in [0.4, 0.5) is 0 Å². The standard InChI is InChI=1S/C14H27NO2/c1-13(2,3)17-12-8-11(9-12)15-14(10-16)6-4-5-7-14/h11-12,15-16H,4-10H2,1-3H3. The van der Waals surface area contributed by atoms with Gasteiger partial charge in [0.25, 0.3) is 0 Å². The van der Waals surface area contributed by atoms with Crippen LogP contribution < -0.4 is 5.32 Å². The zero-order valence-electron chi connectivity index (χ0n) is 11.5. The van der Waals surface area contributed by atoms with Crippen LogP contribution in [0.3, 0.4) is 0 Å². The summed E-state index contributed by atoms with van der Waals surface area (Å²) in [5.74, 6) is 0. The number of ether oxygens (including phenoxy) is 1. The largest absolute Gasteiger partial charge is 0.394 e. The molecule has 0 aliphatic heterocycles. The van der Waals surface area contributed by atoms with Gasteiger partial charge in [-0.25, -0.2) is 0 Å². The molecule has 2 aliphatic rings. The Hall–Kier alpha value is -0.120. The Labute approximate surface area is 105 Å². The lowest BCUT2D eigenvalue weighted by Gasteiger charge is -2.44. The van der Waals surface area contributed by atoms with E-state index in [4.69, 9.17) is 4.74 Å². The smallest absolute Gasteiger partial charge is 0.0613 e. The number of hydrogen-bond acceptors (Lipinski definition) is 3. The van der Waals surface area contributed by atoms with Crippen molar-refractivity contribution < 1.29 is 9.84 Å². The van der Waals surface area contributed by atoms with Crippen LogP contribution in [0.25, 0.3) is 0 Å². The lowest BCUT2D eigenvalue weighted by Crippen LogP contribution is -2.57. The van der Waals surface area contributed by atoms with Crippen LogP contribution in [-0.4, -0.2) is 35.0 Å². The highest BCUT2D eigenvalue weighted by molar-refractivity contribution is 4.98. The van der Waals surface area contributed by atoms with Gasteiger partial charge >= 0.3 is 0 Å². The average Bonchev–Trinajstić information content (AvgIpc) is 2.62. The van der Waals surface area contributed by atoms with E-state index in [2.05, 4.69) is 26.1 Å². The van der Waals surface area contributed by atoms with Gasteiger partial charge in [0.05, 0.1) is 18.3 Å².